The van der Waals surface area contributed by atoms with Crippen LogP contribution >= 0.6 is 0 Å². The Balaban J connectivity index is 2.08. The van der Waals surface area contributed by atoms with Crippen molar-refractivity contribution in [1.29, 1.82) is 0 Å². The monoisotopic (exact) mass is 213 g/mol. The Morgan fingerprint density at radius 2 is 1.94 bits per heavy atom. The number of rotatable bonds is 3. The van der Waals surface area contributed by atoms with Gasteiger partial charge in [0.25, 0.3) is 0 Å². The summed E-state index contributed by atoms with van der Waals surface area (Å²) in [5.41, 5.74) is 2.18. The third-order valence-electron chi connectivity index (χ3n) is 2.36. The fourth-order valence-corrected chi connectivity index (χ4v) is 1.46. The van der Waals surface area contributed by atoms with E-state index in [0.29, 0.717) is 0 Å². The van der Waals surface area contributed by atoms with Crippen LogP contribution in [0.1, 0.15) is 5.56 Å². The maximum atomic E-state index is 4.37. The SMILES string of the molecule is CN(/N=C/c1ccn(C)c1)c1ccccc1. The average molecular weight is 213 g/mol. The molecule has 0 aliphatic rings. The first-order valence-electron chi connectivity index (χ1n) is 5.20. The lowest BCUT2D eigenvalue weighted by atomic mass is 10.3. The number of hydrogen-bond donors (Lipinski definition) is 0. The van der Waals surface area contributed by atoms with E-state index in [1.807, 2.05) is 78.7 Å². The third kappa shape index (κ3) is 2.51. The van der Waals surface area contributed by atoms with E-state index in [1.54, 1.807) is 0 Å². The molecule has 0 unspecified atom stereocenters. The van der Waals surface area contributed by atoms with E-state index >= 15 is 0 Å². The van der Waals surface area contributed by atoms with Crippen molar-refractivity contribution >= 4 is 11.9 Å². The standard InChI is InChI=1S/C13H15N3/c1-15-9-8-12(11-15)10-14-16(2)13-6-4-3-5-7-13/h3-11H,1-2H3/b14-10+. The third-order valence-corrected chi connectivity index (χ3v) is 2.36. The molecule has 0 amide bonds. The number of hydrogen-bond acceptors (Lipinski definition) is 2. The lowest BCUT2D eigenvalue weighted by Gasteiger charge is -2.11. The first kappa shape index (κ1) is 10.5. The van der Waals surface area contributed by atoms with Crippen LogP contribution in [0.25, 0.3) is 0 Å². The van der Waals surface area contributed by atoms with Gasteiger partial charge in [-0.05, 0) is 18.2 Å². The van der Waals surface area contributed by atoms with Crippen LogP contribution in [-0.2, 0) is 7.05 Å². The van der Waals surface area contributed by atoms with Crippen LogP contribution in [0.2, 0.25) is 0 Å². The summed E-state index contributed by atoms with van der Waals surface area (Å²) in [5.74, 6) is 0. The van der Waals surface area contributed by atoms with Gasteiger partial charge in [0.1, 0.15) is 0 Å². The van der Waals surface area contributed by atoms with Crippen molar-refractivity contribution in [2.75, 3.05) is 12.1 Å². The molecule has 0 N–H and O–H groups in total. The van der Waals surface area contributed by atoms with E-state index < -0.39 is 0 Å². The highest BCUT2D eigenvalue weighted by molar-refractivity contribution is 5.80. The summed E-state index contributed by atoms with van der Waals surface area (Å²) in [6.07, 6.45) is 5.89. The molecule has 3 heteroatoms. The van der Waals surface area contributed by atoms with Crippen LogP contribution in [0, 0.1) is 0 Å². The Labute approximate surface area is 95.6 Å². The van der Waals surface area contributed by atoms with Gasteiger partial charge >= 0.3 is 0 Å². The van der Waals surface area contributed by atoms with Gasteiger partial charge in [-0.15, -0.1) is 0 Å². The predicted molar refractivity (Wildman–Crippen MR) is 67.9 cm³/mol. The summed E-state index contributed by atoms with van der Waals surface area (Å²) >= 11 is 0. The number of nitrogens with zero attached hydrogens (tertiary/aromatic N) is 3. The van der Waals surface area contributed by atoms with Crippen molar-refractivity contribution in [3.63, 3.8) is 0 Å². The maximum absolute atomic E-state index is 4.37. The van der Waals surface area contributed by atoms with Crippen LogP contribution in [0.15, 0.2) is 53.9 Å². The van der Waals surface area contributed by atoms with Crippen LogP contribution in [0.4, 0.5) is 5.69 Å². The molecule has 3 nitrogen and oxygen atoms in total. The summed E-state index contributed by atoms with van der Waals surface area (Å²) in [4.78, 5) is 0. The number of para-hydroxylation sites is 1. The fraction of sp³-hybridized carbons (Fsp3) is 0.154. The lowest BCUT2D eigenvalue weighted by molar-refractivity contribution is 0.927. The van der Waals surface area contributed by atoms with Crippen molar-refractivity contribution < 1.29 is 0 Å². The molecule has 0 saturated carbocycles. The number of aromatic nitrogens is 1. The van der Waals surface area contributed by atoms with Gasteiger partial charge in [-0.2, -0.15) is 5.10 Å². The first-order valence-corrected chi connectivity index (χ1v) is 5.20. The maximum Gasteiger partial charge on any atom is 0.0590 e. The van der Waals surface area contributed by atoms with Gasteiger partial charge in [-0.1, -0.05) is 18.2 Å². The molecule has 0 radical (unpaired) electrons. The average Bonchev–Trinajstić information content (AvgIpc) is 2.73. The second-order valence-corrected chi connectivity index (χ2v) is 3.71. The molecule has 0 aliphatic carbocycles. The molecule has 0 saturated heterocycles. The Morgan fingerprint density at radius 1 is 1.19 bits per heavy atom. The van der Waals surface area contributed by atoms with E-state index in [4.69, 9.17) is 0 Å². The minimum absolute atomic E-state index is 1.08. The number of anilines is 1. The summed E-state index contributed by atoms with van der Waals surface area (Å²) < 4.78 is 2.00. The molecular weight excluding hydrogens is 198 g/mol. The van der Waals surface area contributed by atoms with E-state index in [2.05, 4.69) is 5.10 Å². The molecule has 16 heavy (non-hydrogen) atoms. The predicted octanol–water partition coefficient (Wildman–Crippen LogP) is 2.50. The largest absolute Gasteiger partial charge is 0.357 e. The summed E-state index contributed by atoms with van der Waals surface area (Å²) in [6.45, 7) is 0. The minimum atomic E-state index is 1.08. The van der Waals surface area contributed by atoms with Gasteiger partial charge in [0.05, 0.1) is 11.9 Å². The molecule has 0 fully saturated rings. The van der Waals surface area contributed by atoms with Crippen LogP contribution in [0.5, 0.6) is 0 Å². The zero-order valence-corrected chi connectivity index (χ0v) is 9.54. The van der Waals surface area contributed by atoms with Crippen molar-refractivity contribution in [1.82, 2.24) is 4.57 Å². The number of aryl methyl sites for hydroxylation is 1. The number of hydrazone groups is 1. The summed E-state index contributed by atoms with van der Waals surface area (Å²) in [6, 6.07) is 12.1. The zero-order valence-electron chi connectivity index (χ0n) is 9.54. The Bertz CT molecular complexity index is 471. The van der Waals surface area contributed by atoms with E-state index in [-0.39, 0.29) is 0 Å². The van der Waals surface area contributed by atoms with E-state index in [0.717, 1.165) is 11.3 Å². The first-order chi connectivity index (χ1) is 7.75. The topological polar surface area (TPSA) is 20.5 Å². The van der Waals surface area contributed by atoms with E-state index in [1.165, 1.54) is 0 Å². The molecular formula is C13H15N3. The minimum Gasteiger partial charge on any atom is -0.357 e. The van der Waals surface area contributed by atoms with Gasteiger partial charge in [-0.25, -0.2) is 0 Å². The van der Waals surface area contributed by atoms with Crippen LogP contribution in [0.3, 0.4) is 0 Å². The highest BCUT2D eigenvalue weighted by Gasteiger charge is 1.95. The molecule has 0 bridgehead atoms. The van der Waals surface area contributed by atoms with Crippen molar-refractivity contribution in [2.45, 2.75) is 0 Å². The molecule has 1 aromatic carbocycles. The molecule has 1 heterocycles. The quantitative estimate of drug-likeness (QED) is 0.566. The molecule has 1 aromatic heterocycles. The van der Waals surface area contributed by atoms with Gasteiger partial charge in [-0.3, -0.25) is 5.01 Å². The lowest BCUT2D eigenvalue weighted by Crippen LogP contribution is -2.08. The molecule has 82 valence electrons. The zero-order chi connectivity index (χ0) is 11.4. The second kappa shape index (κ2) is 4.66. The van der Waals surface area contributed by atoms with Gasteiger partial charge in [0.15, 0.2) is 0 Å². The second-order valence-electron chi connectivity index (χ2n) is 3.71. The molecule has 2 rings (SSSR count). The van der Waals surface area contributed by atoms with Crippen LogP contribution < -0.4 is 5.01 Å². The summed E-state index contributed by atoms with van der Waals surface area (Å²) in [7, 11) is 3.94. The Morgan fingerprint density at radius 3 is 2.56 bits per heavy atom. The Hall–Kier alpha value is -2.03. The summed E-state index contributed by atoms with van der Waals surface area (Å²) in [5, 5.41) is 6.23. The van der Waals surface area contributed by atoms with E-state index in [9.17, 15) is 0 Å². The van der Waals surface area contributed by atoms with Crippen LogP contribution in [-0.4, -0.2) is 17.8 Å². The van der Waals surface area contributed by atoms with Gasteiger partial charge in [0.2, 0.25) is 0 Å². The van der Waals surface area contributed by atoms with Gasteiger partial charge < -0.3 is 4.57 Å². The molecule has 0 aliphatic heterocycles. The Kier molecular flexibility index (Phi) is 3.05. The molecule has 2 aromatic rings. The smallest absolute Gasteiger partial charge is 0.0590 e. The molecule has 0 spiro atoms. The highest BCUT2D eigenvalue weighted by atomic mass is 15.4. The van der Waals surface area contributed by atoms with Crippen molar-refractivity contribution in [3.8, 4) is 0 Å². The van der Waals surface area contributed by atoms with Gasteiger partial charge in [0, 0.05) is 32.1 Å². The van der Waals surface area contributed by atoms with Crippen molar-refractivity contribution in [3.05, 3.63) is 54.4 Å². The van der Waals surface area contributed by atoms with Crippen molar-refractivity contribution in [2.24, 2.45) is 12.1 Å². The molecule has 0 atom stereocenters. The number of benzene rings is 1. The normalized spacial score (nSPS) is 10.9. The highest BCUT2D eigenvalue weighted by Crippen LogP contribution is 2.10. The fourth-order valence-electron chi connectivity index (χ4n) is 1.46.